The molecule has 0 unspecified atom stereocenters. The molecule has 2 rings (SSSR count). The van der Waals surface area contributed by atoms with Gasteiger partial charge in [-0.2, -0.15) is 4.98 Å². The summed E-state index contributed by atoms with van der Waals surface area (Å²) in [6, 6.07) is 1.92. The highest BCUT2D eigenvalue weighted by atomic mass is 15.3. The third-order valence-electron chi connectivity index (χ3n) is 3.54. The van der Waals surface area contributed by atoms with Gasteiger partial charge in [0.1, 0.15) is 5.82 Å². The van der Waals surface area contributed by atoms with Crippen LogP contribution in [0.25, 0.3) is 0 Å². The highest BCUT2D eigenvalue weighted by Crippen LogP contribution is 2.23. The number of nitrogen functional groups attached to an aromatic ring is 1. The predicted molar refractivity (Wildman–Crippen MR) is 74.5 cm³/mol. The summed E-state index contributed by atoms with van der Waals surface area (Å²) in [6.45, 7) is 8.63. The Morgan fingerprint density at radius 2 is 2.00 bits per heavy atom. The normalized spacial score (nSPS) is 17.3. The Bertz CT molecular complexity index is 396. The highest BCUT2D eigenvalue weighted by molar-refractivity contribution is 5.43. The Morgan fingerprint density at radius 3 is 2.56 bits per heavy atom. The zero-order valence-electron chi connectivity index (χ0n) is 11.5. The first kappa shape index (κ1) is 13.1. The average Bonchev–Trinajstić information content (AvgIpc) is 2.39. The van der Waals surface area contributed by atoms with Crippen LogP contribution < -0.4 is 16.2 Å². The van der Waals surface area contributed by atoms with E-state index in [9.17, 15) is 0 Å². The van der Waals surface area contributed by atoms with Crippen LogP contribution >= 0.6 is 0 Å². The Balaban J connectivity index is 2.23. The maximum Gasteiger partial charge on any atom is 0.227 e. The standard InChI is InChI=1S/C13H23N5/c1-9(2)11-8-12(17-14)16-13(15-11)18-6-4-10(3)5-7-18/h8-10H,4-7,14H2,1-3H3,(H,15,16,17). The van der Waals surface area contributed by atoms with Gasteiger partial charge in [0.25, 0.3) is 0 Å². The largest absolute Gasteiger partial charge is 0.341 e. The minimum Gasteiger partial charge on any atom is -0.341 e. The van der Waals surface area contributed by atoms with Gasteiger partial charge >= 0.3 is 0 Å². The Kier molecular flexibility index (Phi) is 4.01. The SMILES string of the molecule is CC1CCN(c2nc(NN)cc(C(C)C)n2)CC1. The number of hydrazine groups is 1. The van der Waals surface area contributed by atoms with Gasteiger partial charge in [0, 0.05) is 19.2 Å². The molecule has 5 heteroatoms. The van der Waals surface area contributed by atoms with E-state index in [2.05, 4.69) is 41.1 Å². The number of nitrogens with one attached hydrogen (secondary N) is 1. The molecule has 1 aliphatic rings. The van der Waals surface area contributed by atoms with Crippen molar-refractivity contribution >= 4 is 11.8 Å². The number of anilines is 2. The van der Waals surface area contributed by atoms with E-state index >= 15 is 0 Å². The van der Waals surface area contributed by atoms with Crippen molar-refractivity contribution in [2.24, 2.45) is 11.8 Å². The first-order chi connectivity index (χ1) is 8.60. The summed E-state index contributed by atoms with van der Waals surface area (Å²) < 4.78 is 0. The van der Waals surface area contributed by atoms with Crippen LogP contribution in [0.5, 0.6) is 0 Å². The summed E-state index contributed by atoms with van der Waals surface area (Å²) >= 11 is 0. The molecule has 0 amide bonds. The molecule has 0 aromatic carbocycles. The van der Waals surface area contributed by atoms with E-state index in [0.29, 0.717) is 11.7 Å². The van der Waals surface area contributed by atoms with Crippen LogP contribution in [-0.2, 0) is 0 Å². The molecule has 3 N–H and O–H groups in total. The molecule has 100 valence electrons. The Labute approximate surface area is 109 Å². The molecule has 2 heterocycles. The van der Waals surface area contributed by atoms with Crippen LogP contribution in [-0.4, -0.2) is 23.1 Å². The summed E-state index contributed by atoms with van der Waals surface area (Å²) in [5.74, 6) is 8.17. The van der Waals surface area contributed by atoms with Gasteiger partial charge in [0.05, 0.1) is 5.69 Å². The predicted octanol–water partition coefficient (Wildman–Crippen LogP) is 2.12. The molecular weight excluding hydrogens is 226 g/mol. The van der Waals surface area contributed by atoms with Gasteiger partial charge in [-0.05, 0) is 24.7 Å². The smallest absolute Gasteiger partial charge is 0.227 e. The third-order valence-corrected chi connectivity index (χ3v) is 3.54. The van der Waals surface area contributed by atoms with Crippen molar-refractivity contribution < 1.29 is 0 Å². The Hall–Kier alpha value is -1.36. The quantitative estimate of drug-likeness (QED) is 0.634. The molecule has 1 aliphatic heterocycles. The molecule has 1 fully saturated rings. The minimum atomic E-state index is 0.377. The molecule has 0 aliphatic carbocycles. The first-order valence-corrected chi connectivity index (χ1v) is 6.70. The second-order valence-electron chi connectivity index (χ2n) is 5.45. The summed E-state index contributed by atoms with van der Waals surface area (Å²) in [7, 11) is 0. The van der Waals surface area contributed by atoms with Crippen molar-refractivity contribution in [3.05, 3.63) is 11.8 Å². The monoisotopic (exact) mass is 249 g/mol. The van der Waals surface area contributed by atoms with Crippen LogP contribution in [0.1, 0.15) is 45.2 Å². The van der Waals surface area contributed by atoms with Crippen molar-refractivity contribution in [1.82, 2.24) is 9.97 Å². The van der Waals surface area contributed by atoms with Crippen molar-refractivity contribution in [2.45, 2.75) is 39.5 Å². The molecule has 18 heavy (non-hydrogen) atoms. The summed E-state index contributed by atoms with van der Waals surface area (Å²) in [5, 5.41) is 0. The molecule has 0 bridgehead atoms. The number of piperidine rings is 1. The summed E-state index contributed by atoms with van der Waals surface area (Å²) in [6.07, 6.45) is 2.42. The van der Waals surface area contributed by atoms with Gasteiger partial charge in [0.15, 0.2) is 0 Å². The molecule has 1 saturated heterocycles. The maximum atomic E-state index is 5.48. The average molecular weight is 249 g/mol. The van der Waals surface area contributed by atoms with Crippen LogP contribution in [0.3, 0.4) is 0 Å². The summed E-state index contributed by atoms with van der Waals surface area (Å²) in [4.78, 5) is 11.4. The van der Waals surface area contributed by atoms with E-state index in [1.165, 1.54) is 12.8 Å². The molecular formula is C13H23N5. The zero-order valence-corrected chi connectivity index (χ0v) is 11.5. The van der Waals surface area contributed by atoms with Crippen LogP contribution in [0.15, 0.2) is 6.07 Å². The second-order valence-corrected chi connectivity index (χ2v) is 5.45. The van der Waals surface area contributed by atoms with Gasteiger partial charge in [-0.3, -0.25) is 0 Å². The Morgan fingerprint density at radius 1 is 1.33 bits per heavy atom. The zero-order chi connectivity index (χ0) is 13.1. The minimum absolute atomic E-state index is 0.377. The lowest BCUT2D eigenvalue weighted by Gasteiger charge is -2.30. The van der Waals surface area contributed by atoms with E-state index in [1.807, 2.05) is 6.07 Å². The van der Waals surface area contributed by atoms with Gasteiger partial charge in [-0.25, -0.2) is 10.8 Å². The topological polar surface area (TPSA) is 67.1 Å². The highest BCUT2D eigenvalue weighted by Gasteiger charge is 2.19. The second kappa shape index (κ2) is 5.52. The molecule has 1 aromatic heterocycles. The van der Waals surface area contributed by atoms with Crippen molar-refractivity contribution in [1.29, 1.82) is 0 Å². The molecule has 0 radical (unpaired) electrons. The van der Waals surface area contributed by atoms with Crippen LogP contribution in [0.4, 0.5) is 11.8 Å². The first-order valence-electron chi connectivity index (χ1n) is 6.70. The fraction of sp³-hybridized carbons (Fsp3) is 0.692. The third kappa shape index (κ3) is 2.90. The number of aromatic nitrogens is 2. The molecule has 5 nitrogen and oxygen atoms in total. The van der Waals surface area contributed by atoms with Crippen LogP contribution in [0.2, 0.25) is 0 Å². The van der Waals surface area contributed by atoms with Gasteiger partial charge < -0.3 is 10.3 Å². The molecule has 0 atom stereocenters. The summed E-state index contributed by atoms with van der Waals surface area (Å²) in [5.41, 5.74) is 3.67. The number of hydrogen-bond acceptors (Lipinski definition) is 5. The number of nitrogens with zero attached hydrogens (tertiary/aromatic N) is 3. The fourth-order valence-corrected chi connectivity index (χ4v) is 2.17. The van der Waals surface area contributed by atoms with Gasteiger partial charge in [-0.15, -0.1) is 0 Å². The van der Waals surface area contributed by atoms with Crippen LogP contribution in [0, 0.1) is 5.92 Å². The van der Waals surface area contributed by atoms with Gasteiger partial charge in [0.2, 0.25) is 5.95 Å². The number of nitrogens with two attached hydrogens (primary N) is 1. The van der Waals surface area contributed by atoms with E-state index in [0.717, 1.165) is 30.6 Å². The lowest BCUT2D eigenvalue weighted by atomic mass is 10.00. The molecule has 1 aromatic rings. The van der Waals surface area contributed by atoms with E-state index in [4.69, 9.17) is 5.84 Å². The molecule has 0 saturated carbocycles. The van der Waals surface area contributed by atoms with E-state index in [1.54, 1.807) is 0 Å². The maximum absolute atomic E-state index is 5.48. The van der Waals surface area contributed by atoms with Gasteiger partial charge in [-0.1, -0.05) is 20.8 Å². The van der Waals surface area contributed by atoms with Crippen molar-refractivity contribution in [3.8, 4) is 0 Å². The number of rotatable bonds is 3. The lowest BCUT2D eigenvalue weighted by Crippen LogP contribution is -2.34. The van der Waals surface area contributed by atoms with E-state index < -0.39 is 0 Å². The fourth-order valence-electron chi connectivity index (χ4n) is 2.17. The lowest BCUT2D eigenvalue weighted by molar-refractivity contribution is 0.434. The molecule has 0 spiro atoms. The number of hydrogen-bond donors (Lipinski definition) is 2. The van der Waals surface area contributed by atoms with E-state index in [-0.39, 0.29) is 0 Å². The van der Waals surface area contributed by atoms with Crippen molar-refractivity contribution in [3.63, 3.8) is 0 Å². The van der Waals surface area contributed by atoms with Crippen molar-refractivity contribution in [2.75, 3.05) is 23.4 Å².